The van der Waals surface area contributed by atoms with Crippen LogP contribution in [-0.2, 0) is 52.3 Å². The first kappa shape index (κ1) is 37.1. The summed E-state index contributed by atoms with van der Waals surface area (Å²) in [6.45, 7) is 12.5. The van der Waals surface area contributed by atoms with E-state index in [2.05, 4.69) is 10.6 Å². The van der Waals surface area contributed by atoms with Crippen LogP contribution in [0.4, 0.5) is 0 Å². The summed E-state index contributed by atoms with van der Waals surface area (Å²) in [5.41, 5.74) is 5.09. The Morgan fingerprint density at radius 3 is 1.21 bits per heavy atom. The number of hydrogen-bond acceptors (Lipinski definition) is 11. The molecule has 0 fully saturated rings. The lowest BCUT2D eigenvalue weighted by Gasteiger charge is -2.16. The molecule has 0 radical (unpaired) electrons. The highest BCUT2D eigenvalue weighted by Gasteiger charge is 2.19. The Bertz CT molecular complexity index is 614. The van der Waals surface area contributed by atoms with Crippen LogP contribution >= 0.6 is 0 Å². The molecule has 0 aliphatic carbocycles. The molecule has 0 aromatic carbocycles. The van der Waals surface area contributed by atoms with E-state index in [1.807, 2.05) is 6.92 Å². The minimum absolute atomic E-state index is 0.0934. The van der Waals surface area contributed by atoms with Crippen LogP contribution in [0, 0.1) is 0 Å². The Balaban J connectivity index is 3.30. The van der Waals surface area contributed by atoms with Crippen molar-refractivity contribution in [2.24, 2.45) is 5.73 Å². The molecule has 14 nitrogen and oxygen atoms in total. The molecule has 0 saturated carbocycles. The van der Waals surface area contributed by atoms with Gasteiger partial charge in [0.2, 0.25) is 17.7 Å². The van der Waals surface area contributed by atoms with Gasteiger partial charge in [-0.25, -0.2) is 0 Å². The highest BCUT2D eigenvalue weighted by atomic mass is 16.6. The van der Waals surface area contributed by atoms with Crippen LogP contribution in [0.5, 0.6) is 0 Å². The van der Waals surface area contributed by atoms with Crippen LogP contribution in [0.1, 0.15) is 27.2 Å². The molecule has 0 bridgehead atoms. The van der Waals surface area contributed by atoms with E-state index >= 15 is 0 Å². The molecule has 0 aromatic rings. The van der Waals surface area contributed by atoms with Crippen molar-refractivity contribution < 1.29 is 52.3 Å². The number of carbonyl (C=O) groups is 3. The maximum atomic E-state index is 11.9. The molecular weight excluding hydrogens is 518 g/mol. The lowest BCUT2D eigenvalue weighted by molar-refractivity contribution is -0.131. The van der Waals surface area contributed by atoms with Crippen LogP contribution in [0.25, 0.3) is 0 Å². The number of hydrogen-bond donors (Lipinski definition) is 3. The SMILES string of the molecule is CCOCCOCCOCCOCCOCCOCCOCCOCCC(=O)NC(C)C(=O)NC(C)C(N)=O. The van der Waals surface area contributed by atoms with Crippen molar-refractivity contribution in [3.05, 3.63) is 0 Å². The molecule has 0 rings (SSSR count). The number of rotatable bonds is 29. The molecule has 0 spiro atoms. The van der Waals surface area contributed by atoms with Gasteiger partial charge in [-0.2, -0.15) is 0 Å². The summed E-state index contributed by atoms with van der Waals surface area (Å²) in [5, 5.41) is 4.94. The Hall–Kier alpha value is -1.91. The lowest BCUT2D eigenvalue weighted by atomic mass is 10.2. The maximum Gasteiger partial charge on any atom is 0.242 e. The summed E-state index contributed by atoms with van der Waals surface area (Å²) in [6.07, 6.45) is 0.0934. The van der Waals surface area contributed by atoms with Gasteiger partial charge in [0, 0.05) is 13.0 Å². The van der Waals surface area contributed by atoms with Crippen molar-refractivity contribution in [2.45, 2.75) is 39.3 Å². The quantitative estimate of drug-likeness (QED) is 0.0948. The van der Waals surface area contributed by atoms with Crippen molar-refractivity contribution in [1.29, 1.82) is 0 Å². The molecule has 14 heteroatoms. The monoisotopic (exact) mass is 567 g/mol. The minimum atomic E-state index is -0.811. The predicted octanol–water partition coefficient (Wildman–Crippen LogP) is -0.976. The summed E-state index contributed by atoms with van der Waals surface area (Å²) in [7, 11) is 0. The molecule has 2 unspecified atom stereocenters. The average molecular weight is 568 g/mol. The van der Waals surface area contributed by atoms with E-state index in [0.29, 0.717) is 99.1 Å². The van der Waals surface area contributed by atoms with Crippen LogP contribution in [0.3, 0.4) is 0 Å². The highest BCUT2D eigenvalue weighted by Crippen LogP contribution is 1.91. The van der Waals surface area contributed by atoms with Gasteiger partial charge in [0.1, 0.15) is 12.1 Å². The summed E-state index contributed by atoms with van der Waals surface area (Å²) in [4.78, 5) is 34.7. The number of nitrogens with two attached hydrogens (primary N) is 1. The van der Waals surface area contributed by atoms with Gasteiger partial charge >= 0.3 is 0 Å². The van der Waals surface area contributed by atoms with Gasteiger partial charge in [-0.15, -0.1) is 0 Å². The Morgan fingerprint density at radius 1 is 0.538 bits per heavy atom. The van der Waals surface area contributed by atoms with E-state index in [0.717, 1.165) is 0 Å². The number of carbonyl (C=O) groups excluding carboxylic acids is 3. The molecule has 0 aliphatic heterocycles. The van der Waals surface area contributed by atoms with Gasteiger partial charge < -0.3 is 54.3 Å². The first-order valence-corrected chi connectivity index (χ1v) is 13.4. The van der Waals surface area contributed by atoms with E-state index in [4.69, 9.17) is 43.6 Å². The van der Waals surface area contributed by atoms with Gasteiger partial charge in [-0.05, 0) is 20.8 Å². The number of ether oxygens (including phenoxy) is 8. The fourth-order valence-electron chi connectivity index (χ4n) is 2.64. The van der Waals surface area contributed by atoms with Gasteiger partial charge in [-0.3, -0.25) is 14.4 Å². The van der Waals surface area contributed by atoms with E-state index in [1.54, 1.807) is 0 Å². The topological polar surface area (TPSA) is 175 Å². The fraction of sp³-hybridized carbons (Fsp3) is 0.880. The average Bonchev–Trinajstić information content (AvgIpc) is 2.90. The largest absolute Gasteiger partial charge is 0.379 e. The molecule has 0 heterocycles. The molecule has 4 N–H and O–H groups in total. The molecule has 2 atom stereocenters. The van der Waals surface area contributed by atoms with E-state index in [-0.39, 0.29) is 18.9 Å². The fourth-order valence-corrected chi connectivity index (χ4v) is 2.64. The van der Waals surface area contributed by atoms with Crippen molar-refractivity contribution in [2.75, 3.05) is 106 Å². The van der Waals surface area contributed by atoms with Crippen LogP contribution < -0.4 is 16.4 Å². The summed E-state index contributed by atoms with van der Waals surface area (Å²) >= 11 is 0. The van der Waals surface area contributed by atoms with Gasteiger partial charge in [-0.1, -0.05) is 0 Å². The molecule has 39 heavy (non-hydrogen) atoms. The summed E-state index contributed by atoms with van der Waals surface area (Å²) in [5.74, 6) is -1.48. The number of nitrogens with one attached hydrogen (secondary N) is 2. The first-order valence-electron chi connectivity index (χ1n) is 13.4. The molecule has 0 aliphatic rings. The number of amides is 3. The van der Waals surface area contributed by atoms with Crippen LogP contribution in [-0.4, -0.2) is 136 Å². The lowest BCUT2D eigenvalue weighted by Crippen LogP contribution is -2.50. The van der Waals surface area contributed by atoms with Crippen molar-refractivity contribution >= 4 is 17.7 Å². The molecule has 0 aromatic heterocycles. The molecule has 230 valence electrons. The zero-order chi connectivity index (χ0) is 29.0. The van der Waals surface area contributed by atoms with E-state index in [1.165, 1.54) is 13.8 Å². The Morgan fingerprint density at radius 2 is 0.872 bits per heavy atom. The second-order valence-electron chi connectivity index (χ2n) is 8.16. The Labute approximate surface area is 231 Å². The summed E-state index contributed by atoms with van der Waals surface area (Å²) < 4.78 is 42.9. The van der Waals surface area contributed by atoms with Gasteiger partial charge in [0.15, 0.2) is 0 Å². The third-order valence-electron chi connectivity index (χ3n) is 4.84. The minimum Gasteiger partial charge on any atom is -0.379 e. The zero-order valence-corrected chi connectivity index (χ0v) is 23.7. The summed E-state index contributed by atoms with van der Waals surface area (Å²) in [6, 6.07) is -1.60. The van der Waals surface area contributed by atoms with Crippen molar-refractivity contribution in [3.63, 3.8) is 0 Å². The highest BCUT2D eigenvalue weighted by molar-refractivity contribution is 5.91. The smallest absolute Gasteiger partial charge is 0.242 e. The predicted molar refractivity (Wildman–Crippen MR) is 141 cm³/mol. The van der Waals surface area contributed by atoms with Crippen LogP contribution in [0.15, 0.2) is 0 Å². The third kappa shape index (κ3) is 26.1. The standard InChI is InChI=1S/C25H49N3O11/c1-4-32-7-8-34-11-12-36-15-16-38-19-20-39-18-17-37-14-13-35-10-9-33-6-5-23(29)27-22(3)25(31)28-21(2)24(26)30/h21-22H,4-20H2,1-3H3,(H2,26,30)(H,27,29)(H,28,31). The Kier molecular flexibility index (Phi) is 26.3. The third-order valence-corrected chi connectivity index (χ3v) is 4.84. The van der Waals surface area contributed by atoms with Gasteiger partial charge in [0.05, 0.1) is 99.1 Å². The second kappa shape index (κ2) is 27.6. The first-order chi connectivity index (χ1) is 18.9. The van der Waals surface area contributed by atoms with Crippen molar-refractivity contribution in [3.8, 4) is 0 Å². The normalized spacial score (nSPS) is 12.7. The maximum absolute atomic E-state index is 11.9. The van der Waals surface area contributed by atoms with Crippen molar-refractivity contribution in [1.82, 2.24) is 10.6 Å². The molecular formula is C25H49N3O11. The molecule has 3 amide bonds. The van der Waals surface area contributed by atoms with Crippen LogP contribution in [0.2, 0.25) is 0 Å². The van der Waals surface area contributed by atoms with E-state index in [9.17, 15) is 14.4 Å². The second-order valence-corrected chi connectivity index (χ2v) is 8.16. The van der Waals surface area contributed by atoms with E-state index < -0.39 is 23.9 Å². The molecule has 0 saturated heterocycles. The van der Waals surface area contributed by atoms with Gasteiger partial charge in [0.25, 0.3) is 0 Å². The number of primary amides is 1. The zero-order valence-electron chi connectivity index (χ0n) is 23.7.